The molecule has 0 bridgehead atoms. The van der Waals surface area contributed by atoms with Gasteiger partial charge in [0, 0.05) is 29.8 Å². The number of methoxy groups -OCH3 is 1. The highest BCUT2D eigenvalue weighted by Crippen LogP contribution is 2.30. The van der Waals surface area contributed by atoms with Gasteiger partial charge in [-0.3, -0.25) is 4.79 Å². The van der Waals surface area contributed by atoms with E-state index >= 15 is 0 Å². The molecule has 5 nitrogen and oxygen atoms in total. The summed E-state index contributed by atoms with van der Waals surface area (Å²) < 4.78 is 33.8. The predicted octanol–water partition coefficient (Wildman–Crippen LogP) is 4.79. The number of ether oxygens (including phenoxy) is 1. The van der Waals surface area contributed by atoms with Gasteiger partial charge in [-0.2, -0.15) is 0 Å². The van der Waals surface area contributed by atoms with E-state index in [2.05, 4.69) is 21.5 Å². The van der Waals surface area contributed by atoms with Gasteiger partial charge in [0.2, 0.25) is 11.7 Å². The van der Waals surface area contributed by atoms with E-state index in [1.165, 1.54) is 24.3 Å². The number of ketones is 1. The molecule has 0 amide bonds. The van der Waals surface area contributed by atoms with Crippen LogP contribution in [-0.4, -0.2) is 22.1 Å². The average Bonchev–Trinajstić information content (AvgIpc) is 2.80. The Labute approximate surface area is 191 Å². The van der Waals surface area contributed by atoms with Crippen molar-refractivity contribution in [1.29, 1.82) is 0 Å². The summed E-state index contributed by atoms with van der Waals surface area (Å²) >= 11 is 5.81. The van der Waals surface area contributed by atoms with Crippen molar-refractivity contribution in [3.05, 3.63) is 92.7 Å². The van der Waals surface area contributed by atoms with Crippen LogP contribution in [0.15, 0.2) is 59.6 Å². The van der Waals surface area contributed by atoms with Gasteiger partial charge in [0.1, 0.15) is 10.7 Å². The summed E-state index contributed by atoms with van der Waals surface area (Å²) in [6.07, 6.45) is 3.62. The number of Topliss-reactive ketones (excluding diaryl/α,β-unsaturated/α-hetero) is 1. The second-order valence-corrected chi connectivity index (χ2v) is 8.42. The van der Waals surface area contributed by atoms with Crippen molar-refractivity contribution < 1.29 is 18.1 Å². The number of nitrogens with zero attached hydrogens (tertiary/aromatic N) is 1. The number of fused-ring (bicyclic) bond motifs is 1. The summed E-state index contributed by atoms with van der Waals surface area (Å²) in [7, 11) is -0.196. The molecule has 1 aromatic heterocycles. The molecule has 2 aromatic carbocycles. The van der Waals surface area contributed by atoms with Crippen LogP contribution in [-0.2, 0) is 17.4 Å². The van der Waals surface area contributed by atoms with Gasteiger partial charge in [-0.25, -0.2) is 13.6 Å². The summed E-state index contributed by atoms with van der Waals surface area (Å²) in [4.78, 5) is 17.2. The van der Waals surface area contributed by atoms with E-state index in [9.17, 15) is 13.4 Å². The van der Waals surface area contributed by atoms with E-state index in [0.29, 0.717) is 34.7 Å². The number of hydrogen-bond acceptors (Lipinski definition) is 4. The molecule has 0 saturated carbocycles. The van der Waals surface area contributed by atoms with E-state index in [1.807, 2.05) is 6.07 Å². The molecule has 1 atom stereocenters. The highest BCUT2D eigenvalue weighted by molar-refractivity contribution is 7.91. The molecule has 1 aliphatic rings. The van der Waals surface area contributed by atoms with Crippen LogP contribution in [0.25, 0.3) is 6.08 Å². The number of pyridine rings is 1. The highest BCUT2D eigenvalue weighted by Gasteiger charge is 2.27. The maximum Gasteiger partial charge on any atom is 0.212 e. The lowest BCUT2D eigenvalue weighted by atomic mass is 10.0. The van der Waals surface area contributed by atoms with Crippen molar-refractivity contribution in [3.63, 3.8) is 0 Å². The van der Waals surface area contributed by atoms with Crippen molar-refractivity contribution in [1.82, 2.24) is 4.98 Å². The molecular weight excluding hydrogens is 451 g/mol. The monoisotopic (exact) mass is 466 g/mol. The van der Waals surface area contributed by atoms with Gasteiger partial charge in [0.05, 0.1) is 17.8 Å². The quantitative estimate of drug-likeness (QED) is 0.445. The Morgan fingerprint density at radius 1 is 1.22 bits per heavy atom. The van der Waals surface area contributed by atoms with Gasteiger partial charge >= 0.3 is 0 Å². The van der Waals surface area contributed by atoms with Crippen LogP contribution < -0.4 is 9.46 Å². The SMILES string of the molecule is COc1ccc(CC#Cc2ccc3c(c2)C(=O)/C(=C\c2ccc(F)c(Cl)c2)S(=O)N3)cn1. The van der Waals surface area contributed by atoms with Gasteiger partial charge in [-0.05, 0) is 47.5 Å². The zero-order valence-corrected chi connectivity index (χ0v) is 18.4. The van der Waals surface area contributed by atoms with E-state index in [-0.39, 0.29) is 15.7 Å². The van der Waals surface area contributed by atoms with Crippen molar-refractivity contribution in [2.75, 3.05) is 11.8 Å². The Kier molecular flexibility index (Phi) is 6.35. The second kappa shape index (κ2) is 9.35. The highest BCUT2D eigenvalue weighted by atomic mass is 35.5. The van der Waals surface area contributed by atoms with Gasteiger partial charge in [0.25, 0.3) is 0 Å². The van der Waals surface area contributed by atoms with Crippen molar-refractivity contribution in [3.8, 4) is 17.7 Å². The Morgan fingerprint density at radius 3 is 2.78 bits per heavy atom. The second-order valence-electron chi connectivity index (χ2n) is 6.83. The van der Waals surface area contributed by atoms with Crippen molar-refractivity contribution in [2.45, 2.75) is 6.42 Å². The van der Waals surface area contributed by atoms with Crippen molar-refractivity contribution >= 4 is 40.1 Å². The van der Waals surface area contributed by atoms with Crippen LogP contribution >= 0.6 is 11.6 Å². The third kappa shape index (κ3) is 4.72. The molecule has 1 unspecified atom stereocenters. The van der Waals surface area contributed by atoms with E-state index in [0.717, 1.165) is 5.56 Å². The molecule has 1 aliphatic heterocycles. The first-order valence-electron chi connectivity index (χ1n) is 9.46. The fourth-order valence-electron chi connectivity index (χ4n) is 3.03. The number of hydrogen-bond donors (Lipinski definition) is 1. The summed E-state index contributed by atoms with van der Waals surface area (Å²) in [5, 5.41) is -0.0774. The van der Waals surface area contributed by atoms with Crippen LogP contribution in [0.5, 0.6) is 5.88 Å². The summed E-state index contributed by atoms with van der Waals surface area (Å²) in [6, 6.07) is 12.8. The minimum absolute atomic E-state index is 0.0505. The standard InChI is InChI=1S/C24H16ClFN2O3S/c1-31-23-10-7-16(14-27-23)4-2-3-15-6-9-21-18(11-15)24(29)22(32(30)28-21)13-17-5-8-20(26)19(25)12-17/h5-14,28H,4H2,1H3/b22-13+. The lowest BCUT2D eigenvalue weighted by molar-refractivity contribution is 0.104. The lowest BCUT2D eigenvalue weighted by Crippen LogP contribution is -2.22. The Morgan fingerprint density at radius 2 is 2.06 bits per heavy atom. The molecule has 0 spiro atoms. The van der Waals surface area contributed by atoms with Crippen LogP contribution in [0.4, 0.5) is 10.1 Å². The molecule has 0 saturated heterocycles. The summed E-state index contributed by atoms with van der Waals surface area (Å²) in [6.45, 7) is 0. The Bertz CT molecular complexity index is 1330. The molecule has 160 valence electrons. The first-order chi connectivity index (χ1) is 15.4. The molecule has 1 N–H and O–H groups in total. The lowest BCUT2D eigenvalue weighted by Gasteiger charge is -2.19. The predicted molar refractivity (Wildman–Crippen MR) is 123 cm³/mol. The average molecular weight is 467 g/mol. The van der Waals surface area contributed by atoms with Crippen LogP contribution in [0.3, 0.4) is 0 Å². The van der Waals surface area contributed by atoms with Gasteiger partial charge < -0.3 is 9.46 Å². The zero-order chi connectivity index (χ0) is 22.7. The van der Waals surface area contributed by atoms with Gasteiger partial charge in [-0.1, -0.05) is 35.6 Å². The van der Waals surface area contributed by atoms with E-state index in [4.69, 9.17) is 16.3 Å². The zero-order valence-electron chi connectivity index (χ0n) is 16.8. The molecule has 0 radical (unpaired) electrons. The Hall–Kier alpha value is -3.47. The molecule has 0 aliphatic carbocycles. The third-order valence-corrected chi connectivity index (χ3v) is 6.06. The number of carbonyl (C=O) groups is 1. The molecule has 2 heterocycles. The smallest absolute Gasteiger partial charge is 0.212 e. The van der Waals surface area contributed by atoms with Crippen LogP contribution in [0.2, 0.25) is 5.02 Å². The summed E-state index contributed by atoms with van der Waals surface area (Å²) in [5.41, 5.74) is 2.89. The number of carbonyl (C=O) groups excluding carboxylic acids is 1. The first-order valence-corrected chi connectivity index (χ1v) is 11.0. The number of nitrogens with one attached hydrogen (secondary N) is 1. The van der Waals surface area contributed by atoms with Crippen molar-refractivity contribution in [2.24, 2.45) is 0 Å². The number of halogens is 2. The van der Waals surface area contributed by atoms with Gasteiger partial charge in [0.15, 0.2) is 11.0 Å². The van der Waals surface area contributed by atoms with Gasteiger partial charge in [-0.15, -0.1) is 0 Å². The largest absolute Gasteiger partial charge is 0.481 e. The number of anilines is 1. The van der Waals surface area contributed by atoms with Crippen LogP contribution in [0, 0.1) is 17.7 Å². The number of benzene rings is 2. The molecule has 32 heavy (non-hydrogen) atoms. The maximum absolute atomic E-state index is 13.4. The minimum Gasteiger partial charge on any atom is -0.481 e. The topological polar surface area (TPSA) is 68.3 Å². The number of allylic oxidation sites excluding steroid dienone is 1. The fourth-order valence-corrected chi connectivity index (χ4v) is 4.23. The van der Waals surface area contributed by atoms with E-state index in [1.54, 1.807) is 37.6 Å². The number of rotatable bonds is 3. The molecule has 0 fully saturated rings. The van der Waals surface area contributed by atoms with E-state index < -0.39 is 16.8 Å². The normalized spacial score (nSPS) is 16.0. The molecule has 4 rings (SSSR count). The summed E-state index contributed by atoms with van der Waals surface area (Å²) in [5.74, 6) is 5.68. The molecule has 3 aromatic rings. The third-order valence-electron chi connectivity index (χ3n) is 4.66. The Balaban J connectivity index is 1.58. The number of aromatic nitrogens is 1. The first kappa shape index (κ1) is 21.8. The maximum atomic E-state index is 13.4. The molecule has 8 heteroatoms. The van der Waals surface area contributed by atoms with Crippen LogP contribution in [0.1, 0.15) is 27.0 Å². The minimum atomic E-state index is -1.75. The molecular formula is C24H16ClFN2O3S. The fraction of sp³-hybridized carbons (Fsp3) is 0.0833.